The van der Waals surface area contributed by atoms with E-state index in [0.29, 0.717) is 6.42 Å². The monoisotopic (exact) mass is 447 g/mol. The van der Waals surface area contributed by atoms with Crippen LogP contribution in [-0.2, 0) is 16.0 Å². The van der Waals surface area contributed by atoms with E-state index in [1.807, 2.05) is 6.92 Å². The number of anilines is 1. The highest BCUT2D eigenvalue weighted by molar-refractivity contribution is 8.00. The number of carboxylic acids is 1. The lowest BCUT2D eigenvalue weighted by Gasteiger charge is -2.10. The number of aryl methyl sites for hydroxylation is 1. The number of aliphatic carboxylic acids is 1. The molecule has 156 valence electrons. The van der Waals surface area contributed by atoms with Crippen molar-refractivity contribution in [1.29, 1.82) is 0 Å². The van der Waals surface area contributed by atoms with Gasteiger partial charge in [0.2, 0.25) is 5.91 Å². The molecule has 6 nitrogen and oxygen atoms in total. The summed E-state index contributed by atoms with van der Waals surface area (Å²) in [5.41, 5.74) is 0.121. The summed E-state index contributed by atoms with van der Waals surface area (Å²) in [7, 11) is 0. The molecule has 0 bridgehead atoms. The largest absolute Gasteiger partial charge is 0.573 e. The normalized spacial score (nSPS) is 11.2. The van der Waals surface area contributed by atoms with Crippen molar-refractivity contribution in [2.75, 3.05) is 16.8 Å². The van der Waals surface area contributed by atoms with Crippen molar-refractivity contribution < 1.29 is 37.4 Å². The topological polar surface area (TPSA) is 92.7 Å². The molecule has 0 atom stereocenters. The number of carboxylic acid groups (broad SMARTS) is 1. The highest BCUT2D eigenvalue weighted by Crippen LogP contribution is 2.32. The lowest BCUT2D eigenvalue weighted by atomic mass is 10.0. The number of ketones is 1. The maximum atomic E-state index is 12.8. The number of halogens is 3. The molecule has 0 saturated heterocycles. The number of rotatable bonds is 9. The Morgan fingerprint density at radius 2 is 1.93 bits per heavy atom. The lowest BCUT2D eigenvalue weighted by Crippen LogP contribution is -2.18. The second-order valence-electron chi connectivity index (χ2n) is 5.65. The van der Waals surface area contributed by atoms with Gasteiger partial charge < -0.3 is 15.2 Å². The number of hydrogen-bond acceptors (Lipinski definition) is 6. The molecular formula is C18H16F3NO5S2. The predicted octanol–water partition coefficient (Wildman–Crippen LogP) is 4.20. The van der Waals surface area contributed by atoms with Crippen LogP contribution in [0.15, 0.2) is 30.3 Å². The van der Waals surface area contributed by atoms with Gasteiger partial charge in [0.25, 0.3) is 0 Å². The smallest absolute Gasteiger partial charge is 0.481 e. The summed E-state index contributed by atoms with van der Waals surface area (Å²) in [4.78, 5) is 36.2. The fraction of sp³-hybridized carbons (Fsp3) is 0.278. The second-order valence-corrected chi connectivity index (χ2v) is 7.77. The summed E-state index contributed by atoms with van der Waals surface area (Å²) < 4.78 is 41.1. The van der Waals surface area contributed by atoms with Gasteiger partial charge in [0.1, 0.15) is 10.8 Å². The molecule has 0 fully saturated rings. The van der Waals surface area contributed by atoms with Gasteiger partial charge in [-0.25, -0.2) is 0 Å². The zero-order chi connectivity index (χ0) is 21.6. The van der Waals surface area contributed by atoms with E-state index in [9.17, 15) is 27.6 Å². The van der Waals surface area contributed by atoms with E-state index < -0.39 is 29.8 Å². The number of nitrogens with one attached hydrogen (secondary N) is 1. The molecule has 0 radical (unpaired) electrons. The first-order valence-electron chi connectivity index (χ1n) is 8.21. The first-order valence-corrected chi connectivity index (χ1v) is 10.2. The van der Waals surface area contributed by atoms with Crippen molar-refractivity contribution in [3.63, 3.8) is 0 Å². The molecule has 1 heterocycles. The van der Waals surface area contributed by atoms with Gasteiger partial charge in [-0.1, -0.05) is 19.1 Å². The van der Waals surface area contributed by atoms with E-state index in [4.69, 9.17) is 5.11 Å². The number of alkyl halides is 3. The number of carbonyl (C=O) groups excluding carboxylic acids is 2. The Kier molecular flexibility index (Phi) is 7.68. The van der Waals surface area contributed by atoms with Crippen molar-refractivity contribution in [3.05, 3.63) is 46.3 Å². The second kappa shape index (κ2) is 9.79. The lowest BCUT2D eigenvalue weighted by molar-refractivity contribution is -0.274. The summed E-state index contributed by atoms with van der Waals surface area (Å²) in [6.07, 6.45) is -4.29. The van der Waals surface area contributed by atoms with E-state index >= 15 is 0 Å². The molecule has 1 aromatic heterocycles. The molecule has 11 heteroatoms. The van der Waals surface area contributed by atoms with Crippen LogP contribution >= 0.6 is 23.1 Å². The fourth-order valence-electron chi connectivity index (χ4n) is 2.26. The third kappa shape index (κ3) is 7.09. The van der Waals surface area contributed by atoms with E-state index in [1.54, 1.807) is 6.07 Å². The minimum Gasteiger partial charge on any atom is -0.481 e. The summed E-state index contributed by atoms with van der Waals surface area (Å²) in [6.45, 7) is 1.85. The summed E-state index contributed by atoms with van der Waals surface area (Å²) in [6, 6.07) is 6.25. The minimum atomic E-state index is -4.88. The van der Waals surface area contributed by atoms with Crippen molar-refractivity contribution in [3.8, 4) is 5.75 Å². The van der Waals surface area contributed by atoms with E-state index in [0.717, 1.165) is 28.8 Å². The van der Waals surface area contributed by atoms with Crippen LogP contribution in [0.1, 0.15) is 27.7 Å². The molecule has 0 spiro atoms. The van der Waals surface area contributed by atoms with Crippen LogP contribution in [-0.4, -0.2) is 40.6 Å². The van der Waals surface area contributed by atoms with Crippen molar-refractivity contribution in [2.45, 2.75) is 19.7 Å². The minimum absolute atomic E-state index is 0.0250. The van der Waals surface area contributed by atoms with Crippen molar-refractivity contribution >= 4 is 45.8 Å². The highest BCUT2D eigenvalue weighted by atomic mass is 32.2. The van der Waals surface area contributed by atoms with Crippen LogP contribution in [0.2, 0.25) is 0 Å². The SMILES string of the molecule is CCc1cc(C(=O)c2cccc(OC(F)(F)F)c2)c(NC(=O)CSCC(=O)O)s1. The van der Waals surface area contributed by atoms with E-state index in [-0.39, 0.29) is 27.6 Å². The van der Waals surface area contributed by atoms with Gasteiger partial charge in [0.05, 0.1) is 17.1 Å². The summed E-state index contributed by atoms with van der Waals surface area (Å²) in [5, 5.41) is 11.4. The summed E-state index contributed by atoms with van der Waals surface area (Å²) in [5.74, 6) is -2.98. The molecule has 2 N–H and O–H groups in total. The predicted molar refractivity (Wildman–Crippen MR) is 104 cm³/mol. The Hall–Kier alpha value is -2.53. The number of hydrogen-bond donors (Lipinski definition) is 2. The summed E-state index contributed by atoms with van der Waals surface area (Å²) >= 11 is 2.08. The standard InChI is InChI=1S/C18H16F3NO5S2/c1-2-12-7-13(17(29-12)22-14(23)8-28-9-15(24)25)16(26)10-4-3-5-11(6-10)27-18(19,20)21/h3-7H,2,8-9H2,1H3,(H,22,23)(H,24,25). The molecule has 0 aliphatic heterocycles. The maximum Gasteiger partial charge on any atom is 0.573 e. The zero-order valence-corrected chi connectivity index (χ0v) is 16.7. The number of thioether (sulfide) groups is 1. The first-order chi connectivity index (χ1) is 13.6. The Morgan fingerprint density at radius 3 is 2.55 bits per heavy atom. The fourth-order valence-corrected chi connectivity index (χ4v) is 3.81. The van der Waals surface area contributed by atoms with Gasteiger partial charge in [-0.3, -0.25) is 14.4 Å². The number of thiophene rings is 1. The molecule has 1 aromatic carbocycles. The third-order valence-corrected chi connectivity index (χ3v) is 5.53. The van der Waals surface area contributed by atoms with Crippen LogP contribution in [0.4, 0.5) is 18.2 Å². The molecular weight excluding hydrogens is 431 g/mol. The van der Waals surface area contributed by atoms with E-state index in [2.05, 4.69) is 10.1 Å². The van der Waals surface area contributed by atoms with Crippen LogP contribution in [0.5, 0.6) is 5.75 Å². The molecule has 0 unspecified atom stereocenters. The third-order valence-electron chi connectivity index (χ3n) is 3.42. The number of amides is 1. The van der Waals surface area contributed by atoms with Crippen molar-refractivity contribution in [2.24, 2.45) is 0 Å². The Morgan fingerprint density at radius 1 is 1.21 bits per heavy atom. The molecule has 2 rings (SSSR count). The van der Waals surface area contributed by atoms with Gasteiger partial charge >= 0.3 is 12.3 Å². The van der Waals surface area contributed by atoms with Crippen molar-refractivity contribution in [1.82, 2.24) is 0 Å². The number of carbonyl (C=O) groups is 3. The van der Waals surface area contributed by atoms with Gasteiger partial charge in [-0.2, -0.15) is 0 Å². The van der Waals surface area contributed by atoms with E-state index in [1.165, 1.54) is 23.5 Å². The van der Waals surface area contributed by atoms with Gasteiger partial charge in [-0.15, -0.1) is 36.3 Å². The molecule has 1 amide bonds. The van der Waals surface area contributed by atoms with Crippen LogP contribution in [0, 0.1) is 0 Å². The van der Waals surface area contributed by atoms with Gasteiger partial charge in [-0.05, 0) is 24.6 Å². The highest BCUT2D eigenvalue weighted by Gasteiger charge is 2.31. The molecule has 0 aliphatic carbocycles. The molecule has 0 aliphatic rings. The van der Waals surface area contributed by atoms with Crippen LogP contribution in [0.25, 0.3) is 0 Å². The molecule has 2 aromatic rings. The average molecular weight is 447 g/mol. The van der Waals surface area contributed by atoms with Gasteiger partial charge in [0, 0.05) is 10.4 Å². The van der Waals surface area contributed by atoms with Crippen LogP contribution < -0.4 is 10.1 Å². The quantitative estimate of drug-likeness (QED) is 0.560. The number of ether oxygens (including phenoxy) is 1. The van der Waals surface area contributed by atoms with Gasteiger partial charge in [0.15, 0.2) is 5.78 Å². The maximum absolute atomic E-state index is 12.8. The Balaban J connectivity index is 2.22. The Labute approximate surface area is 172 Å². The average Bonchev–Trinajstić information content (AvgIpc) is 3.02. The first kappa shape index (κ1) is 22.8. The Bertz CT molecular complexity index is 911. The molecule has 0 saturated carbocycles. The molecule has 29 heavy (non-hydrogen) atoms. The number of benzene rings is 1. The zero-order valence-electron chi connectivity index (χ0n) is 15.0. The van der Waals surface area contributed by atoms with Crippen LogP contribution in [0.3, 0.4) is 0 Å².